The summed E-state index contributed by atoms with van der Waals surface area (Å²) in [5.74, 6) is -1.92. The minimum atomic E-state index is -1.04. The molecule has 0 aliphatic carbocycles. The van der Waals surface area contributed by atoms with Gasteiger partial charge in [-0.15, -0.1) is 0 Å². The van der Waals surface area contributed by atoms with Crippen LogP contribution >= 0.6 is 0 Å². The number of nitrogens with two attached hydrogens (primary N) is 1. The first-order valence-corrected chi connectivity index (χ1v) is 6.88. The van der Waals surface area contributed by atoms with E-state index >= 15 is 0 Å². The van der Waals surface area contributed by atoms with E-state index in [-0.39, 0.29) is 25.1 Å². The van der Waals surface area contributed by atoms with E-state index in [1.54, 1.807) is 18.2 Å². The molecule has 23 heavy (non-hydrogen) atoms. The number of carbonyl (C=O) groups is 3. The van der Waals surface area contributed by atoms with Crippen molar-refractivity contribution < 1.29 is 24.6 Å². The first-order valence-electron chi connectivity index (χ1n) is 6.88. The second-order valence-electron chi connectivity index (χ2n) is 4.75. The zero-order chi connectivity index (χ0) is 17.2. The molecule has 1 atom stereocenters. The molecule has 1 unspecified atom stereocenters. The third-order valence-electron chi connectivity index (χ3n) is 2.84. The van der Waals surface area contributed by atoms with E-state index in [4.69, 9.17) is 15.9 Å². The van der Waals surface area contributed by atoms with Crippen LogP contribution in [-0.2, 0) is 14.4 Å². The summed E-state index contributed by atoms with van der Waals surface area (Å²) in [6.45, 7) is -0.264. The molecule has 0 aromatic heterocycles. The van der Waals surface area contributed by atoms with Crippen molar-refractivity contribution in [2.75, 3.05) is 6.54 Å². The van der Waals surface area contributed by atoms with Gasteiger partial charge in [-0.1, -0.05) is 12.1 Å². The summed E-state index contributed by atoms with van der Waals surface area (Å²) in [5.41, 5.74) is 6.28. The third-order valence-corrected chi connectivity index (χ3v) is 2.84. The standard InChI is InChI=1S/C15H19N3O5/c16-12(5-6-14(21)22)15(23)18-9-13(20)17-8-7-10-1-3-11(19)4-2-10/h1-4,7-8,12,19H,5-6,9,16H2,(H,17,20)(H,18,23)(H,21,22). The largest absolute Gasteiger partial charge is 0.508 e. The molecule has 0 bridgehead atoms. The lowest BCUT2D eigenvalue weighted by atomic mass is 10.1. The maximum Gasteiger partial charge on any atom is 0.303 e. The van der Waals surface area contributed by atoms with Crippen molar-refractivity contribution >= 4 is 23.9 Å². The van der Waals surface area contributed by atoms with Gasteiger partial charge in [-0.3, -0.25) is 14.4 Å². The van der Waals surface area contributed by atoms with E-state index in [9.17, 15) is 14.4 Å². The Labute approximate surface area is 133 Å². The molecular weight excluding hydrogens is 302 g/mol. The number of aromatic hydroxyl groups is 1. The second kappa shape index (κ2) is 9.21. The lowest BCUT2D eigenvalue weighted by Crippen LogP contribution is -2.44. The average Bonchev–Trinajstić information content (AvgIpc) is 2.52. The molecule has 2 amide bonds. The molecule has 0 radical (unpaired) electrons. The quantitative estimate of drug-likeness (QED) is 0.448. The second-order valence-corrected chi connectivity index (χ2v) is 4.75. The van der Waals surface area contributed by atoms with Gasteiger partial charge in [0.15, 0.2) is 0 Å². The van der Waals surface area contributed by atoms with Crippen LogP contribution in [0.4, 0.5) is 0 Å². The molecular formula is C15H19N3O5. The van der Waals surface area contributed by atoms with E-state index in [0.717, 1.165) is 5.56 Å². The monoisotopic (exact) mass is 321 g/mol. The zero-order valence-corrected chi connectivity index (χ0v) is 12.4. The summed E-state index contributed by atoms with van der Waals surface area (Å²) in [4.78, 5) is 33.4. The summed E-state index contributed by atoms with van der Waals surface area (Å²) < 4.78 is 0. The molecule has 8 nitrogen and oxygen atoms in total. The van der Waals surface area contributed by atoms with Crippen molar-refractivity contribution in [3.05, 3.63) is 36.0 Å². The Morgan fingerprint density at radius 1 is 1.22 bits per heavy atom. The molecule has 8 heteroatoms. The number of amides is 2. The van der Waals surface area contributed by atoms with E-state index in [2.05, 4.69) is 10.6 Å². The minimum Gasteiger partial charge on any atom is -0.508 e. The van der Waals surface area contributed by atoms with E-state index in [1.165, 1.54) is 18.3 Å². The average molecular weight is 321 g/mol. The molecule has 0 fully saturated rings. The van der Waals surface area contributed by atoms with Crippen LogP contribution in [0.5, 0.6) is 5.75 Å². The van der Waals surface area contributed by atoms with Gasteiger partial charge in [0.25, 0.3) is 0 Å². The molecule has 124 valence electrons. The molecule has 0 saturated heterocycles. The number of carboxylic acids is 1. The van der Waals surface area contributed by atoms with Gasteiger partial charge in [-0.25, -0.2) is 0 Å². The minimum absolute atomic E-state index is 0.00351. The van der Waals surface area contributed by atoms with E-state index in [0.29, 0.717) is 0 Å². The summed E-state index contributed by atoms with van der Waals surface area (Å²) in [6.07, 6.45) is 2.82. The lowest BCUT2D eigenvalue weighted by Gasteiger charge is -2.10. The van der Waals surface area contributed by atoms with Crippen molar-refractivity contribution in [2.45, 2.75) is 18.9 Å². The van der Waals surface area contributed by atoms with Crippen molar-refractivity contribution in [2.24, 2.45) is 5.73 Å². The molecule has 1 aromatic rings. The van der Waals surface area contributed by atoms with Gasteiger partial charge in [-0.2, -0.15) is 0 Å². The molecule has 0 aliphatic heterocycles. The van der Waals surface area contributed by atoms with Crippen molar-refractivity contribution in [3.63, 3.8) is 0 Å². The molecule has 0 heterocycles. The zero-order valence-electron chi connectivity index (χ0n) is 12.4. The highest BCUT2D eigenvalue weighted by Gasteiger charge is 2.15. The summed E-state index contributed by atoms with van der Waals surface area (Å²) in [6, 6.07) is 5.40. The number of rotatable bonds is 8. The lowest BCUT2D eigenvalue weighted by molar-refractivity contribution is -0.137. The highest BCUT2D eigenvalue weighted by molar-refractivity contribution is 5.88. The Kier molecular flexibility index (Phi) is 7.28. The van der Waals surface area contributed by atoms with Gasteiger partial charge >= 0.3 is 5.97 Å². The van der Waals surface area contributed by atoms with Gasteiger partial charge < -0.3 is 26.6 Å². The van der Waals surface area contributed by atoms with Crippen LogP contribution in [-0.4, -0.2) is 40.6 Å². The Bertz CT molecular complexity index is 583. The van der Waals surface area contributed by atoms with Crippen LogP contribution in [0, 0.1) is 0 Å². The summed E-state index contributed by atoms with van der Waals surface area (Å²) in [7, 11) is 0. The predicted molar refractivity (Wildman–Crippen MR) is 83.1 cm³/mol. The fourth-order valence-electron chi connectivity index (χ4n) is 1.58. The topological polar surface area (TPSA) is 142 Å². The van der Waals surface area contributed by atoms with E-state index in [1.807, 2.05) is 0 Å². The number of hydrogen-bond donors (Lipinski definition) is 5. The van der Waals surface area contributed by atoms with Gasteiger partial charge in [0, 0.05) is 12.6 Å². The van der Waals surface area contributed by atoms with Crippen LogP contribution in [0.15, 0.2) is 30.5 Å². The molecule has 1 aromatic carbocycles. The number of benzene rings is 1. The summed E-state index contributed by atoms with van der Waals surface area (Å²) >= 11 is 0. The number of nitrogens with one attached hydrogen (secondary N) is 2. The first kappa shape index (κ1) is 18.2. The maximum absolute atomic E-state index is 11.5. The number of carboxylic acid groups (broad SMARTS) is 1. The summed E-state index contributed by atoms with van der Waals surface area (Å²) in [5, 5.41) is 22.4. The Morgan fingerprint density at radius 2 is 1.87 bits per heavy atom. The number of phenols is 1. The SMILES string of the molecule is NC(CCC(=O)O)C(=O)NCC(=O)NC=Cc1ccc(O)cc1. The van der Waals surface area contributed by atoms with Crippen LogP contribution < -0.4 is 16.4 Å². The molecule has 0 spiro atoms. The molecule has 0 aliphatic rings. The van der Waals surface area contributed by atoms with Crippen LogP contribution in [0.3, 0.4) is 0 Å². The Morgan fingerprint density at radius 3 is 2.48 bits per heavy atom. The Hall–Kier alpha value is -2.87. The van der Waals surface area contributed by atoms with E-state index < -0.39 is 23.8 Å². The fraction of sp³-hybridized carbons (Fsp3) is 0.267. The van der Waals surface area contributed by atoms with Crippen LogP contribution in [0.1, 0.15) is 18.4 Å². The fourth-order valence-corrected chi connectivity index (χ4v) is 1.58. The van der Waals surface area contributed by atoms with Gasteiger partial charge in [0.1, 0.15) is 5.75 Å². The normalized spacial score (nSPS) is 11.9. The predicted octanol–water partition coefficient (Wildman–Crippen LogP) is -0.213. The number of carbonyl (C=O) groups excluding carboxylic acids is 2. The number of phenolic OH excluding ortho intramolecular Hbond substituents is 1. The maximum atomic E-state index is 11.5. The highest BCUT2D eigenvalue weighted by atomic mass is 16.4. The molecule has 6 N–H and O–H groups in total. The smallest absolute Gasteiger partial charge is 0.303 e. The van der Waals surface area contributed by atoms with Crippen molar-refractivity contribution in [1.82, 2.24) is 10.6 Å². The van der Waals surface area contributed by atoms with Crippen molar-refractivity contribution in [1.29, 1.82) is 0 Å². The van der Waals surface area contributed by atoms with Crippen LogP contribution in [0.2, 0.25) is 0 Å². The third kappa shape index (κ3) is 7.63. The van der Waals surface area contributed by atoms with Crippen LogP contribution in [0.25, 0.3) is 6.08 Å². The highest BCUT2D eigenvalue weighted by Crippen LogP contribution is 2.10. The van der Waals surface area contributed by atoms with Crippen molar-refractivity contribution in [3.8, 4) is 5.75 Å². The van der Waals surface area contributed by atoms with Gasteiger partial charge in [-0.05, 0) is 30.2 Å². The Balaban J connectivity index is 2.29. The van der Waals surface area contributed by atoms with Gasteiger partial charge in [0.2, 0.25) is 11.8 Å². The first-order chi connectivity index (χ1) is 10.9. The number of hydrogen-bond acceptors (Lipinski definition) is 5. The number of aliphatic carboxylic acids is 1. The molecule has 0 saturated carbocycles. The van der Waals surface area contributed by atoms with Gasteiger partial charge in [0.05, 0.1) is 12.6 Å². The molecule has 1 rings (SSSR count).